The van der Waals surface area contributed by atoms with E-state index in [1.807, 2.05) is 30.3 Å². The number of fused-ring (bicyclic) bond motifs is 1. The van der Waals surface area contributed by atoms with Crippen molar-refractivity contribution >= 4 is 33.2 Å². The maximum atomic E-state index is 12.7. The van der Waals surface area contributed by atoms with Gasteiger partial charge in [-0.25, -0.2) is 9.36 Å². The first kappa shape index (κ1) is 16.6. The average Bonchev–Trinajstić information content (AvgIpc) is 3.11. The molecule has 4 aromatic rings. The Morgan fingerprint density at radius 1 is 1.08 bits per heavy atom. The number of halogens is 1. The van der Waals surface area contributed by atoms with Crippen molar-refractivity contribution in [1.82, 2.24) is 9.55 Å². The smallest absolute Gasteiger partial charge is 0.334 e. The molecule has 26 heavy (non-hydrogen) atoms. The van der Waals surface area contributed by atoms with Crippen molar-refractivity contribution in [2.24, 2.45) is 0 Å². The Hall–Kier alpha value is -2.83. The first-order valence-electron chi connectivity index (χ1n) is 7.82. The largest absolute Gasteiger partial charge is 0.489 e. The van der Waals surface area contributed by atoms with Gasteiger partial charge in [0.1, 0.15) is 17.2 Å². The van der Waals surface area contributed by atoms with Gasteiger partial charge in [0.05, 0.1) is 16.1 Å². The van der Waals surface area contributed by atoms with Crippen molar-refractivity contribution in [3.05, 3.63) is 91.4 Å². The number of benzene rings is 2. The molecule has 1 N–H and O–H groups in total. The second kappa shape index (κ2) is 6.82. The highest BCUT2D eigenvalue weighted by atomic mass is 35.5. The van der Waals surface area contributed by atoms with Crippen LogP contribution in [0.4, 0.5) is 0 Å². The van der Waals surface area contributed by atoms with Gasteiger partial charge in [-0.2, -0.15) is 0 Å². The zero-order valence-corrected chi connectivity index (χ0v) is 15.0. The summed E-state index contributed by atoms with van der Waals surface area (Å²) in [5.41, 5.74) is 0.356. The first-order chi connectivity index (χ1) is 12.6. The van der Waals surface area contributed by atoms with Crippen LogP contribution in [0.2, 0.25) is 5.02 Å². The topological polar surface area (TPSA) is 64.1 Å². The molecule has 0 amide bonds. The maximum Gasteiger partial charge on any atom is 0.334 e. The molecule has 5 nitrogen and oxygen atoms in total. The van der Waals surface area contributed by atoms with Crippen LogP contribution in [-0.2, 0) is 6.61 Å². The molecule has 0 unspecified atom stereocenters. The molecule has 0 aliphatic heterocycles. The molecule has 0 saturated carbocycles. The summed E-state index contributed by atoms with van der Waals surface area (Å²) in [7, 11) is 0. The van der Waals surface area contributed by atoms with E-state index in [9.17, 15) is 9.59 Å². The summed E-state index contributed by atoms with van der Waals surface area (Å²) < 4.78 is 6.81. The van der Waals surface area contributed by atoms with Crippen molar-refractivity contribution in [2.45, 2.75) is 6.61 Å². The Bertz CT molecular complexity index is 1190. The molecule has 130 valence electrons. The minimum Gasteiger partial charge on any atom is -0.489 e. The number of aromatic amines is 1. The molecule has 4 rings (SSSR count). The van der Waals surface area contributed by atoms with Crippen molar-refractivity contribution in [2.75, 3.05) is 0 Å². The molecule has 2 aromatic carbocycles. The van der Waals surface area contributed by atoms with Crippen LogP contribution >= 0.6 is 22.9 Å². The van der Waals surface area contributed by atoms with E-state index >= 15 is 0 Å². The van der Waals surface area contributed by atoms with E-state index in [0.29, 0.717) is 27.6 Å². The van der Waals surface area contributed by atoms with Gasteiger partial charge in [-0.1, -0.05) is 41.9 Å². The molecule has 0 saturated heterocycles. The zero-order chi connectivity index (χ0) is 18.1. The van der Waals surface area contributed by atoms with Crippen LogP contribution in [0.1, 0.15) is 5.56 Å². The summed E-state index contributed by atoms with van der Waals surface area (Å²) in [6.07, 6.45) is 0. The highest BCUT2D eigenvalue weighted by Gasteiger charge is 2.14. The van der Waals surface area contributed by atoms with Gasteiger partial charge in [0.2, 0.25) is 0 Å². The van der Waals surface area contributed by atoms with E-state index in [4.69, 9.17) is 16.3 Å². The zero-order valence-electron chi connectivity index (χ0n) is 13.4. The number of rotatable bonds is 4. The predicted octanol–water partition coefficient (Wildman–Crippen LogP) is 3.97. The summed E-state index contributed by atoms with van der Waals surface area (Å²) in [6.45, 7) is 0.372. The third kappa shape index (κ3) is 3.05. The summed E-state index contributed by atoms with van der Waals surface area (Å²) in [5, 5.41) is 2.49. The second-order valence-electron chi connectivity index (χ2n) is 5.62. The van der Waals surface area contributed by atoms with Gasteiger partial charge in [-0.15, -0.1) is 11.3 Å². The van der Waals surface area contributed by atoms with E-state index in [0.717, 1.165) is 10.1 Å². The summed E-state index contributed by atoms with van der Waals surface area (Å²) in [4.78, 5) is 28.4. The standard InChI is InChI=1S/C19H13ClN2O3S/c20-15-7-6-13(25-11-12-4-2-1-3-5-12)10-16(15)22-18(23)14-8-9-26-17(14)21-19(22)24/h1-10H,11H2,(H,21,24). The van der Waals surface area contributed by atoms with E-state index < -0.39 is 11.2 Å². The number of nitrogens with zero attached hydrogens (tertiary/aromatic N) is 1. The molecule has 0 radical (unpaired) electrons. The third-order valence-corrected chi connectivity index (χ3v) is 5.08. The SMILES string of the molecule is O=c1[nH]c2sccc2c(=O)n1-c1cc(OCc2ccccc2)ccc1Cl. The molecule has 0 aliphatic rings. The van der Waals surface area contributed by atoms with E-state index in [-0.39, 0.29) is 5.69 Å². The van der Waals surface area contributed by atoms with Crippen LogP contribution in [0.15, 0.2) is 69.6 Å². The Labute approximate surface area is 157 Å². The average molecular weight is 385 g/mol. The molecule has 0 bridgehead atoms. The number of H-pyrrole nitrogens is 1. The lowest BCUT2D eigenvalue weighted by molar-refractivity contribution is 0.306. The minimum absolute atomic E-state index is 0.288. The van der Waals surface area contributed by atoms with Crippen LogP contribution in [0, 0.1) is 0 Å². The second-order valence-corrected chi connectivity index (χ2v) is 6.94. The van der Waals surface area contributed by atoms with Gasteiger partial charge in [0.15, 0.2) is 0 Å². The number of thiophene rings is 1. The van der Waals surface area contributed by atoms with Gasteiger partial charge < -0.3 is 4.74 Å². The lowest BCUT2D eigenvalue weighted by atomic mass is 10.2. The molecule has 0 atom stereocenters. The number of hydrogen-bond acceptors (Lipinski definition) is 4. The van der Waals surface area contributed by atoms with Crippen LogP contribution in [0.25, 0.3) is 15.9 Å². The van der Waals surface area contributed by atoms with Gasteiger partial charge in [0, 0.05) is 6.07 Å². The quantitative estimate of drug-likeness (QED) is 0.579. The Balaban J connectivity index is 1.75. The van der Waals surface area contributed by atoms with Crippen molar-refractivity contribution in [1.29, 1.82) is 0 Å². The van der Waals surface area contributed by atoms with Crippen molar-refractivity contribution < 1.29 is 4.74 Å². The normalized spacial score (nSPS) is 11.0. The van der Waals surface area contributed by atoms with E-state index in [2.05, 4.69) is 4.98 Å². The lowest BCUT2D eigenvalue weighted by Crippen LogP contribution is -2.33. The van der Waals surface area contributed by atoms with Gasteiger partial charge >= 0.3 is 5.69 Å². The summed E-state index contributed by atoms with van der Waals surface area (Å²) >= 11 is 7.56. The molecule has 2 heterocycles. The van der Waals surface area contributed by atoms with Gasteiger partial charge in [0.25, 0.3) is 5.56 Å². The third-order valence-electron chi connectivity index (χ3n) is 3.93. The highest BCUT2D eigenvalue weighted by Crippen LogP contribution is 2.25. The molecular formula is C19H13ClN2O3S. The van der Waals surface area contributed by atoms with Crippen LogP contribution in [-0.4, -0.2) is 9.55 Å². The summed E-state index contributed by atoms with van der Waals surface area (Å²) in [5.74, 6) is 0.518. The Morgan fingerprint density at radius 3 is 2.69 bits per heavy atom. The number of aromatic nitrogens is 2. The van der Waals surface area contributed by atoms with Crippen molar-refractivity contribution in [3.8, 4) is 11.4 Å². The molecule has 0 aliphatic carbocycles. The maximum absolute atomic E-state index is 12.7. The van der Waals surface area contributed by atoms with Gasteiger partial charge in [-0.3, -0.25) is 9.78 Å². The molecule has 0 fully saturated rings. The van der Waals surface area contributed by atoms with Crippen LogP contribution in [0.3, 0.4) is 0 Å². The summed E-state index contributed by atoms with van der Waals surface area (Å²) in [6, 6.07) is 16.3. The molecule has 2 aromatic heterocycles. The monoisotopic (exact) mass is 384 g/mol. The highest BCUT2D eigenvalue weighted by molar-refractivity contribution is 7.16. The van der Waals surface area contributed by atoms with Crippen molar-refractivity contribution in [3.63, 3.8) is 0 Å². The molecular weight excluding hydrogens is 372 g/mol. The fourth-order valence-corrected chi connectivity index (χ4v) is 3.62. The van der Waals surface area contributed by atoms with Crippen LogP contribution < -0.4 is 16.0 Å². The first-order valence-corrected chi connectivity index (χ1v) is 9.08. The lowest BCUT2D eigenvalue weighted by Gasteiger charge is -2.11. The van der Waals surface area contributed by atoms with E-state index in [1.54, 1.807) is 29.6 Å². The van der Waals surface area contributed by atoms with Crippen LogP contribution in [0.5, 0.6) is 5.75 Å². The number of nitrogens with one attached hydrogen (secondary N) is 1. The van der Waals surface area contributed by atoms with Gasteiger partial charge in [-0.05, 0) is 29.1 Å². The number of ether oxygens (including phenoxy) is 1. The molecule has 7 heteroatoms. The fraction of sp³-hybridized carbons (Fsp3) is 0.0526. The minimum atomic E-state index is -0.535. The number of hydrogen-bond donors (Lipinski definition) is 1. The molecule has 0 spiro atoms. The predicted molar refractivity (Wildman–Crippen MR) is 104 cm³/mol. The van der Waals surface area contributed by atoms with E-state index in [1.165, 1.54) is 11.3 Å². The fourth-order valence-electron chi connectivity index (χ4n) is 2.65. The Morgan fingerprint density at radius 2 is 1.88 bits per heavy atom. The Kier molecular flexibility index (Phi) is 4.36.